The Kier molecular flexibility index (Phi) is 5.39. The third-order valence-electron chi connectivity index (χ3n) is 5.93. The number of hydrogen-bond acceptors (Lipinski definition) is 4. The predicted molar refractivity (Wildman–Crippen MR) is 108 cm³/mol. The summed E-state index contributed by atoms with van der Waals surface area (Å²) in [5, 5.41) is 0. The van der Waals surface area contributed by atoms with Crippen molar-refractivity contribution in [2.24, 2.45) is 11.7 Å². The number of benzene rings is 1. The standard InChI is InChI=1S/C22H28N4O/c23-14-18-15-26(16-20(18)17-8-3-1-4-9-17)22(27)19-10-7-11-24-21(19)25-12-5-2-6-13-25/h1,3-4,7-11,18,20H,2,5-6,12-16,23H2/t18-,20+/m1/s1. The number of carbonyl (C=O) groups is 1. The lowest BCUT2D eigenvalue weighted by Gasteiger charge is -2.30. The summed E-state index contributed by atoms with van der Waals surface area (Å²) in [5.41, 5.74) is 8.05. The fourth-order valence-corrected chi connectivity index (χ4v) is 4.45. The zero-order valence-corrected chi connectivity index (χ0v) is 15.8. The van der Waals surface area contributed by atoms with Gasteiger partial charge in [0.2, 0.25) is 0 Å². The van der Waals surface area contributed by atoms with E-state index in [4.69, 9.17) is 5.73 Å². The molecule has 0 radical (unpaired) electrons. The van der Waals surface area contributed by atoms with Crippen molar-refractivity contribution in [1.82, 2.24) is 9.88 Å². The zero-order valence-electron chi connectivity index (χ0n) is 15.8. The van der Waals surface area contributed by atoms with E-state index in [0.717, 1.165) is 31.0 Å². The lowest BCUT2D eigenvalue weighted by atomic mass is 9.89. The zero-order chi connectivity index (χ0) is 18.6. The molecule has 5 nitrogen and oxygen atoms in total. The summed E-state index contributed by atoms with van der Waals surface area (Å²) < 4.78 is 0. The van der Waals surface area contributed by atoms with Crippen LogP contribution in [-0.4, -0.2) is 48.5 Å². The molecule has 2 aliphatic rings. The lowest BCUT2D eigenvalue weighted by Crippen LogP contribution is -2.35. The number of anilines is 1. The normalized spacial score (nSPS) is 22.9. The van der Waals surface area contributed by atoms with Crippen molar-refractivity contribution in [3.8, 4) is 0 Å². The minimum absolute atomic E-state index is 0.0838. The van der Waals surface area contributed by atoms with Gasteiger partial charge < -0.3 is 15.5 Å². The molecule has 2 atom stereocenters. The van der Waals surface area contributed by atoms with Crippen LogP contribution in [0.3, 0.4) is 0 Å². The van der Waals surface area contributed by atoms with E-state index in [2.05, 4.69) is 34.1 Å². The molecule has 2 aromatic rings. The summed E-state index contributed by atoms with van der Waals surface area (Å²) in [7, 11) is 0. The predicted octanol–water partition coefficient (Wildman–Crippen LogP) is 2.89. The third kappa shape index (κ3) is 3.69. The van der Waals surface area contributed by atoms with Crippen LogP contribution in [-0.2, 0) is 0 Å². The van der Waals surface area contributed by atoms with E-state index in [1.165, 1.54) is 24.8 Å². The van der Waals surface area contributed by atoms with Crippen molar-refractivity contribution in [3.05, 3.63) is 59.8 Å². The first-order valence-electron chi connectivity index (χ1n) is 10.0. The minimum atomic E-state index is 0.0838. The highest BCUT2D eigenvalue weighted by molar-refractivity contribution is 5.99. The summed E-state index contributed by atoms with van der Waals surface area (Å²) >= 11 is 0. The smallest absolute Gasteiger partial charge is 0.257 e. The van der Waals surface area contributed by atoms with E-state index in [1.807, 2.05) is 23.1 Å². The molecule has 2 saturated heterocycles. The molecule has 0 bridgehead atoms. The van der Waals surface area contributed by atoms with Gasteiger partial charge in [0.1, 0.15) is 5.82 Å². The molecule has 4 rings (SSSR count). The highest BCUT2D eigenvalue weighted by atomic mass is 16.2. The Hall–Kier alpha value is -2.40. The summed E-state index contributed by atoms with van der Waals surface area (Å²) in [6, 6.07) is 14.2. The molecule has 0 spiro atoms. The fraction of sp³-hybridized carbons (Fsp3) is 0.455. The van der Waals surface area contributed by atoms with Gasteiger partial charge in [0.15, 0.2) is 0 Å². The van der Waals surface area contributed by atoms with E-state index >= 15 is 0 Å². The fourth-order valence-electron chi connectivity index (χ4n) is 4.45. The monoisotopic (exact) mass is 364 g/mol. The molecule has 2 aliphatic heterocycles. The van der Waals surface area contributed by atoms with Gasteiger partial charge in [0, 0.05) is 38.3 Å². The summed E-state index contributed by atoms with van der Waals surface area (Å²) in [6.45, 7) is 3.99. The van der Waals surface area contributed by atoms with Crippen LogP contribution in [0.25, 0.3) is 0 Å². The highest BCUT2D eigenvalue weighted by Crippen LogP contribution is 2.34. The van der Waals surface area contributed by atoms with Crippen molar-refractivity contribution in [1.29, 1.82) is 0 Å². The van der Waals surface area contributed by atoms with E-state index < -0.39 is 0 Å². The molecule has 142 valence electrons. The van der Waals surface area contributed by atoms with Gasteiger partial charge >= 0.3 is 0 Å². The van der Waals surface area contributed by atoms with E-state index in [1.54, 1.807) is 6.20 Å². The van der Waals surface area contributed by atoms with Gasteiger partial charge in [0.05, 0.1) is 5.56 Å². The highest BCUT2D eigenvalue weighted by Gasteiger charge is 2.36. The summed E-state index contributed by atoms with van der Waals surface area (Å²) in [6.07, 6.45) is 5.38. The second kappa shape index (κ2) is 8.09. The number of pyridine rings is 1. The Morgan fingerprint density at radius 1 is 1.04 bits per heavy atom. The molecule has 1 aromatic heterocycles. The van der Waals surface area contributed by atoms with E-state index in [0.29, 0.717) is 24.9 Å². The van der Waals surface area contributed by atoms with Gasteiger partial charge in [-0.1, -0.05) is 30.3 Å². The quantitative estimate of drug-likeness (QED) is 0.906. The SMILES string of the molecule is NC[C@@H]1CN(C(=O)c2cccnc2N2CCCCC2)C[C@H]1c1ccccc1. The average molecular weight is 364 g/mol. The second-order valence-electron chi connectivity index (χ2n) is 7.65. The number of piperidine rings is 1. The number of hydrogen-bond donors (Lipinski definition) is 1. The molecule has 2 N–H and O–H groups in total. The first-order valence-corrected chi connectivity index (χ1v) is 10.0. The van der Waals surface area contributed by atoms with Gasteiger partial charge in [0.25, 0.3) is 5.91 Å². The number of carbonyl (C=O) groups excluding carboxylic acids is 1. The average Bonchev–Trinajstić information content (AvgIpc) is 3.19. The molecule has 2 fully saturated rings. The van der Waals surface area contributed by atoms with Crippen molar-refractivity contribution in [3.63, 3.8) is 0 Å². The molecule has 0 saturated carbocycles. The van der Waals surface area contributed by atoms with Crippen LogP contribution in [0, 0.1) is 5.92 Å². The van der Waals surface area contributed by atoms with Gasteiger partial charge in [-0.05, 0) is 49.4 Å². The Balaban J connectivity index is 1.57. The van der Waals surface area contributed by atoms with Gasteiger partial charge in [-0.3, -0.25) is 4.79 Å². The Morgan fingerprint density at radius 3 is 2.56 bits per heavy atom. The molecular formula is C22H28N4O. The van der Waals surface area contributed by atoms with Crippen LogP contribution in [0.4, 0.5) is 5.82 Å². The minimum Gasteiger partial charge on any atom is -0.356 e. The molecule has 0 aliphatic carbocycles. The molecule has 27 heavy (non-hydrogen) atoms. The Bertz CT molecular complexity index is 773. The summed E-state index contributed by atoms with van der Waals surface area (Å²) in [5.74, 6) is 1.52. The van der Waals surface area contributed by atoms with Crippen molar-refractivity contribution in [2.75, 3.05) is 37.6 Å². The van der Waals surface area contributed by atoms with Crippen molar-refractivity contribution in [2.45, 2.75) is 25.2 Å². The van der Waals surface area contributed by atoms with Gasteiger partial charge in [-0.15, -0.1) is 0 Å². The first kappa shape index (κ1) is 18.0. The maximum atomic E-state index is 13.4. The molecule has 0 unspecified atom stereocenters. The number of rotatable bonds is 4. The van der Waals surface area contributed by atoms with Gasteiger partial charge in [-0.2, -0.15) is 0 Å². The molecule has 1 amide bonds. The number of aromatic nitrogens is 1. The molecule has 1 aromatic carbocycles. The maximum Gasteiger partial charge on any atom is 0.257 e. The second-order valence-corrected chi connectivity index (χ2v) is 7.65. The van der Waals surface area contributed by atoms with Crippen LogP contribution in [0.5, 0.6) is 0 Å². The van der Waals surface area contributed by atoms with Crippen molar-refractivity contribution >= 4 is 11.7 Å². The largest absolute Gasteiger partial charge is 0.356 e. The van der Waals surface area contributed by atoms with E-state index in [9.17, 15) is 4.79 Å². The third-order valence-corrected chi connectivity index (χ3v) is 5.93. The van der Waals surface area contributed by atoms with Crippen LogP contribution < -0.4 is 10.6 Å². The Labute approximate surface area is 161 Å². The van der Waals surface area contributed by atoms with Crippen LogP contribution >= 0.6 is 0 Å². The van der Waals surface area contributed by atoms with Crippen LogP contribution in [0.1, 0.15) is 41.1 Å². The van der Waals surface area contributed by atoms with Crippen molar-refractivity contribution < 1.29 is 4.79 Å². The number of nitrogens with two attached hydrogens (primary N) is 1. The Morgan fingerprint density at radius 2 is 1.81 bits per heavy atom. The molecule has 3 heterocycles. The topological polar surface area (TPSA) is 62.5 Å². The first-order chi connectivity index (χ1) is 13.3. The summed E-state index contributed by atoms with van der Waals surface area (Å²) in [4.78, 5) is 22.2. The number of amides is 1. The number of likely N-dealkylation sites (tertiary alicyclic amines) is 1. The van der Waals surface area contributed by atoms with E-state index in [-0.39, 0.29) is 5.91 Å². The van der Waals surface area contributed by atoms with Crippen LogP contribution in [0.2, 0.25) is 0 Å². The van der Waals surface area contributed by atoms with Gasteiger partial charge in [-0.25, -0.2) is 4.98 Å². The lowest BCUT2D eigenvalue weighted by molar-refractivity contribution is 0.0786. The number of nitrogens with zero attached hydrogens (tertiary/aromatic N) is 3. The maximum absolute atomic E-state index is 13.4. The van der Waals surface area contributed by atoms with Crippen LogP contribution in [0.15, 0.2) is 48.7 Å². The molecule has 5 heteroatoms. The molecular weight excluding hydrogens is 336 g/mol.